The molecule has 1 saturated heterocycles. The molecule has 22 heavy (non-hydrogen) atoms. The van der Waals surface area contributed by atoms with Gasteiger partial charge < -0.3 is 19.3 Å². The summed E-state index contributed by atoms with van der Waals surface area (Å²) >= 11 is 0. The summed E-state index contributed by atoms with van der Waals surface area (Å²) in [5, 5.41) is 0. The second-order valence-electron chi connectivity index (χ2n) is 5.72. The summed E-state index contributed by atoms with van der Waals surface area (Å²) in [6.07, 6.45) is 1.43. The van der Waals surface area contributed by atoms with Crippen LogP contribution in [0.2, 0.25) is 0 Å². The van der Waals surface area contributed by atoms with Gasteiger partial charge in [0.25, 0.3) is 0 Å². The second-order valence-corrected chi connectivity index (χ2v) is 5.72. The zero-order chi connectivity index (χ0) is 15.7. The number of carbonyl (C=O) groups excluding carboxylic acids is 2. The van der Waals surface area contributed by atoms with E-state index in [2.05, 4.69) is 0 Å². The lowest BCUT2D eigenvalue weighted by Gasteiger charge is -2.32. The second kappa shape index (κ2) is 5.87. The average molecular weight is 304 g/mol. The molecule has 118 valence electrons. The van der Waals surface area contributed by atoms with Crippen molar-refractivity contribution in [2.24, 2.45) is 5.92 Å². The van der Waals surface area contributed by atoms with Crippen LogP contribution in [0.4, 0.5) is 5.69 Å². The van der Waals surface area contributed by atoms with Crippen molar-refractivity contribution in [3.63, 3.8) is 0 Å². The van der Waals surface area contributed by atoms with E-state index in [-0.39, 0.29) is 24.5 Å². The number of piperidine rings is 1. The molecular formula is C16H20N2O4. The number of benzene rings is 1. The first kappa shape index (κ1) is 14.7. The van der Waals surface area contributed by atoms with Crippen LogP contribution >= 0.6 is 0 Å². The summed E-state index contributed by atoms with van der Waals surface area (Å²) in [6, 6.07) is 5.50. The molecule has 0 N–H and O–H groups in total. The summed E-state index contributed by atoms with van der Waals surface area (Å²) in [7, 11) is 1.78. The molecule has 0 aromatic heterocycles. The lowest BCUT2D eigenvalue weighted by molar-refractivity contribution is -0.133. The molecule has 2 aliphatic rings. The standard InChI is InChI=1S/C16H20N2O4/c1-11(19)18-7-5-12(6-8-18)16(20)17(2)13-3-4-14-15(9-13)22-10-21-14/h3-4,9,12H,5-8,10H2,1-2H3. The monoisotopic (exact) mass is 304 g/mol. The van der Waals surface area contributed by atoms with E-state index in [0.717, 1.165) is 5.69 Å². The van der Waals surface area contributed by atoms with Gasteiger partial charge in [0.05, 0.1) is 0 Å². The first-order chi connectivity index (χ1) is 10.6. The molecule has 2 aliphatic heterocycles. The molecule has 2 amide bonds. The van der Waals surface area contributed by atoms with Crippen molar-refractivity contribution in [1.82, 2.24) is 4.90 Å². The van der Waals surface area contributed by atoms with E-state index < -0.39 is 0 Å². The zero-order valence-corrected chi connectivity index (χ0v) is 12.9. The third kappa shape index (κ3) is 2.73. The van der Waals surface area contributed by atoms with Gasteiger partial charge in [0.15, 0.2) is 11.5 Å². The van der Waals surface area contributed by atoms with Crippen LogP contribution in [0, 0.1) is 5.92 Å². The Bertz CT molecular complexity index is 594. The Balaban J connectivity index is 1.66. The number of carbonyl (C=O) groups is 2. The van der Waals surface area contributed by atoms with Crippen LogP contribution in [0.5, 0.6) is 11.5 Å². The van der Waals surface area contributed by atoms with Gasteiger partial charge in [0.1, 0.15) is 0 Å². The van der Waals surface area contributed by atoms with Crippen molar-refractivity contribution in [2.75, 3.05) is 31.8 Å². The van der Waals surface area contributed by atoms with E-state index in [0.29, 0.717) is 37.4 Å². The summed E-state index contributed by atoms with van der Waals surface area (Å²) in [4.78, 5) is 27.4. The fourth-order valence-electron chi connectivity index (χ4n) is 2.94. The van der Waals surface area contributed by atoms with E-state index in [1.54, 1.807) is 23.8 Å². The average Bonchev–Trinajstić information content (AvgIpc) is 3.01. The Morgan fingerprint density at radius 3 is 2.55 bits per heavy atom. The van der Waals surface area contributed by atoms with Crippen molar-refractivity contribution < 1.29 is 19.1 Å². The van der Waals surface area contributed by atoms with Crippen LogP contribution in [0.15, 0.2) is 18.2 Å². The number of hydrogen-bond donors (Lipinski definition) is 0. The highest BCUT2D eigenvalue weighted by atomic mass is 16.7. The molecule has 0 spiro atoms. The molecule has 0 radical (unpaired) electrons. The Kier molecular flexibility index (Phi) is 3.92. The summed E-state index contributed by atoms with van der Waals surface area (Å²) in [6.45, 7) is 3.10. The van der Waals surface area contributed by atoms with Crippen LogP contribution in [0.3, 0.4) is 0 Å². The number of fused-ring (bicyclic) bond motifs is 1. The van der Waals surface area contributed by atoms with Gasteiger partial charge in [-0.25, -0.2) is 0 Å². The van der Waals surface area contributed by atoms with Gasteiger partial charge in [-0.3, -0.25) is 9.59 Å². The number of amides is 2. The normalized spacial score (nSPS) is 17.5. The maximum absolute atomic E-state index is 12.6. The largest absolute Gasteiger partial charge is 0.454 e. The molecule has 0 aliphatic carbocycles. The number of hydrogen-bond acceptors (Lipinski definition) is 4. The molecule has 1 fully saturated rings. The highest BCUT2D eigenvalue weighted by Crippen LogP contribution is 2.35. The van der Waals surface area contributed by atoms with Crippen molar-refractivity contribution in [3.8, 4) is 11.5 Å². The van der Waals surface area contributed by atoms with Crippen molar-refractivity contribution in [1.29, 1.82) is 0 Å². The summed E-state index contributed by atoms with van der Waals surface area (Å²) in [5.74, 6) is 1.51. The lowest BCUT2D eigenvalue weighted by Crippen LogP contribution is -2.42. The summed E-state index contributed by atoms with van der Waals surface area (Å²) < 4.78 is 10.6. The molecule has 0 bridgehead atoms. The van der Waals surface area contributed by atoms with Crippen LogP contribution < -0.4 is 14.4 Å². The van der Waals surface area contributed by atoms with E-state index in [9.17, 15) is 9.59 Å². The lowest BCUT2D eigenvalue weighted by atomic mass is 9.95. The molecule has 1 aromatic carbocycles. The van der Waals surface area contributed by atoms with Crippen LogP contribution in [-0.4, -0.2) is 43.6 Å². The maximum atomic E-state index is 12.6. The third-order valence-corrected chi connectivity index (χ3v) is 4.36. The van der Waals surface area contributed by atoms with Crippen molar-refractivity contribution >= 4 is 17.5 Å². The van der Waals surface area contributed by atoms with Gasteiger partial charge in [0, 0.05) is 44.7 Å². The van der Waals surface area contributed by atoms with Crippen molar-refractivity contribution in [2.45, 2.75) is 19.8 Å². The zero-order valence-electron chi connectivity index (χ0n) is 12.9. The quantitative estimate of drug-likeness (QED) is 0.833. The molecule has 1 aromatic rings. The molecule has 2 heterocycles. The van der Waals surface area contributed by atoms with Crippen molar-refractivity contribution in [3.05, 3.63) is 18.2 Å². The van der Waals surface area contributed by atoms with E-state index in [1.165, 1.54) is 0 Å². The molecule has 0 unspecified atom stereocenters. The van der Waals surface area contributed by atoms with E-state index in [1.807, 2.05) is 18.2 Å². The fraction of sp³-hybridized carbons (Fsp3) is 0.500. The molecule has 0 atom stereocenters. The van der Waals surface area contributed by atoms with E-state index in [4.69, 9.17) is 9.47 Å². The number of rotatable bonds is 2. The van der Waals surface area contributed by atoms with Crippen LogP contribution in [0.25, 0.3) is 0 Å². The first-order valence-corrected chi connectivity index (χ1v) is 7.49. The molecule has 6 nitrogen and oxygen atoms in total. The smallest absolute Gasteiger partial charge is 0.231 e. The topological polar surface area (TPSA) is 59.1 Å². The Labute approximate surface area is 129 Å². The molecule has 6 heteroatoms. The minimum absolute atomic E-state index is 0.0361. The number of ether oxygens (including phenoxy) is 2. The predicted octanol–water partition coefficient (Wildman–Crippen LogP) is 1.64. The molecule has 3 rings (SSSR count). The van der Waals surface area contributed by atoms with Gasteiger partial charge in [0.2, 0.25) is 18.6 Å². The Morgan fingerprint density at radius 1 is 1.18 bits per heavy atom. The first-order valence-electron chi connectivity index (χ1n) is 7.49. The van der Waals surface area contributed by atoms with Gasteiger partial charge >= 0.3 is 0 Å². The van der Waals surface area contributed by atoms with Gasteiger partial charge in [-0.15, -0.1) is 0 Å². The number of nitrogens with zero attached hydrogens (tertiary/aromatic N) is 2. The predicted molar refractivity (Wildman–Crippen MR) is 81.0 cm³/mol. The third-order valence-electron chi connectivity index (χ3n) is 4.36. The Morgan fingerprint density at radius 2 is 1.86 bits per heavy atom. The summed E-state index contributed by atoms with van der Waals surface area (Å²) in [5.41, 5.74) is 0.795. The SMILES string of the molecule is CC(=O)N1CCC(C(=O)N(C)c2ccc3c(c2)OCO3)CC1. The highest BCUT2D eigenvalue weighted by molar-refractivity contribution is 5.95. The highest BCUT2D eigenvalue weighted by Gasteiger charge is 2.29. The van der Waals surface area contributed by atoms with Gasteiger partial charge in [-0.1, -0.05) is 0 Å². The van der Waals surface area contributed by atoms with Gasteiger partial charge in [-0.2, -0.15) is 0 Å². The minimum Gasteiger partial charge on any atom is -0.454 e. The maximum Gasteiger partial charge on any atom is 0.231 e. The fourth-order valence-corrected chi connectivity index (χ4v) is 2.94. The van der Waals surface area contributed by atoms with Crippen LogP contribution in [0.1, 0.15) is 19.8 Å². The molecule has 0 saturated carbocycles. The minimum atomic E-state index is -0.0361. The number of anilines is 1. The van der Waals surface area contributed by atoms with E-state index >= 15 is 0 Å². The van der Waals surface area contributed by atoms with Gasteiger partial charge in [-0.05, 0) is 25.0 Å². The Hall–Kier alpha value is -2.24. The molecular weight excluding hydrogens is 284 g/mol. The van der Waals surface area contributed by atoms with Crippen LogP contribution in [-0.2, 0) is 9.59 Å². The number of likely N-dealkylation sites (tertiary alicyclic amines) is 1.